The number of carboxylic acids is 1. The molecule has 0 radical (unpaired) electrons. The van der Waals surface area contributed by atoms with Crippen molar-refractivity contribution >= 4 is 11.7 Å². The molecule has 110 valence electrons. The number of likely N-dealkylation sites (N-methyl/N-ethyl adjacent to an activating group) is 1. The van der Waals surface area contributed by atoms with E-state index in [2.05, 4.69) is 33.8 Å². The fourth-order valence-electron chi connectivity index (χ4n) is 2.38. The highest BCUT2D eigenvalue weighted by Crippen LogP contribution is 2.20. The van der Waals surface area contributed by atoms with Gasteiger partial charge in [-0.2, -0.15) is 0 Å². The summed E-state index contributed by atoms with van der Waals surface area (Å²) in [4.78, 5) is 21.9. The minimum absolute atomic E-state index is 0.286. The molecule has 1 saturated heterocycles. The summed E-state index contributed by atoms with van der Waals surface area (Å²) in [7, 11) is 4.15. The van der Waals surface area contributed by atoms with E-state index in [0.29, 0.717) is 0 Å². The number of hydrogen-bond donors (Lipinski definition) is 1. The Bertz CT molecular complexity index is 456. The number of hydrogen-bond acceptors (Lipinski definition) is 5. The largest absolute Gasteiger partial charge is 0.478 e. The molecule has 0 saturated carbocycles. The predicted octanol–water partition coefficient (Wildman–Crippen LogP) is 0.463. The molecule has 2 heterocycles. The zero-order valence-electron chi connectivity index (χ0n) is 12.1. The minimum Gasteiger partial charge on any atom is -0.478 e. The Morgan fingerprint density at radius 3 is 2.65 bits per heavy atom. The highest BCUT2D eigenvalue weighted by molar-refractivity contribution is 5.94. The van der Waals surface area contributed by atoms with Gasteiger partial charge in [-0.15, -0.1) is 0 Å². The summed E-state index contributed by atoms with van der Waals surface area (Å²) in [5.41, 5.74) is 1.06. The molecular weight excluding hydrogens is 256 g/mol. The molecule has 1 aliphatic rings. The zero-order valence-corrected chi connectivity index (χ0v) is 12.1. The second-order valence-corrected chi connectivity index (χ2v) is 5.33. The van der Waals surface area contributed by atoms with E-state index in [4.69, 9.17) is 0 Å². The average Bonchev–Trinajstić information content (AvgIpc) is 2.45. The van der Waals surface area contributed by atoms with Crippen molar-refractivity contribution in [2.45, 2.75) is 0 Å². The molecule has 1 N–H and O–H groups in total. The molecule has 6 heteroatoms. The Morgan fingerprint density at radius 1 is 1.35 bits per heavy atom. The summed E-state index contributed by atoms with van der Waals surface area (Å²) in [6.45, 7) is 5.76. The molecule has 0 bridgehead atoms. The summed E-state index contributed by atoms with van der Waals surface area (Å²) in [5, 5.41) is 9.21. The van der Waals surface area contributed by atoms with Crippen molar-refractivity contribution in [1.29, 1.82) is 0 Å². The summed E-state index contributed by atoms with van der Waals surface area (Å²) in [5.74, 6) is -0.914. The van der Waals surface area contributed by atoms with Crippen LogP contribution in [0.25, 0.3) is 0 Å². The number of nitrogens with zero attached hydrogens (tertiary/aromatic N) is 4. The van der Waals surface area contributed by atoms with Crippen LogP contribution in [0.15, 0.2) is 18.5 Å². The molecular formula is C14H22N4O2. The smallest absolute Gasteiger partial charge is 0.339 e. The number of piperazine rings is 1. The molecule has 0 aliphatic carbocycles. The van der Waals surface area contributed by atoms with Crippen molar-refractivity contribution in [3.05, 3.63) is 24.0 Å². The third kappa shape index (κ3) is 3.68. The first kappa shape index (κ1) is 14.7. The molecule has 1 aliphatic heterocycles. The van der Waals surface area contributed by atoms with Gasteiger partial charge in [0, 0.05) is 51.7 Å². The molecule has 2 rings (SSSR count). The van der Waals surface area contributed by atoms with Crippen LogP contribution < -0.4 is 4.90 Å². The van der Waals surface area contributed by atoms with Crippen LogP contribution in [-0.4, -0.2) is 79.2 Å². The number of carbonyl (C=O) groups is 1. The molecule has 0 aromatic carbocycles. The Hall–Kier alpha value is -1.66. The van der Waals surface area contributed by atoms with Gasteiger partial charge in [-0.25, -0.2) is 4.79 Å². The lowest BCUT2D eigenvalue weighted by atomic mass is 10.2. The lowest BCUT2D eigenvalue weighted by Gasteiger charge is -2.36. The molecule has 20 heavy (non-hydrogen) atoms. The normalized spacial score (nSPS) is 16.6. The van der Waals surface area contributed by atoms with Crippen LogP contribution in [0.2, 0.25) is 0 Å². The highest BCUT2D eigenvalue weighted by atomic mass is 16.4. The van der Waals surface area contributed by atoms with E-state index in [-0.39, 0.29) is 5.56 Å². The van der Waals surface area contributed by atoms with Crippen LogP contribution in [0, 0.1) is 0 Å². The Kier molecular flexibility index (Phi) is 4.92. The van der Waals surface area contributed by atoms with Crippen molar-refractivity contribution in [2.24, 2.45) is 0 Å². The number of pyridine rings is 1. The van der Waals surface area contributed by atoms with E-state index in [1.54, 1.807) is 12.3 Å². The van der Waals surface area contributed by atoms with E-state index in [0.717, 1.165) is 45.0 Å². The fourth-order valence-corrected chi connectivity index (χ4v) is 2.38. The van der Waals surface area contributed by atoms with Crippen LogP contribution in [-0.2, 0) is 0 Å². The number of carboxylic acid groups (broad SMARTS) is 1. The van der Waals surface area contributed by atoms with E-state index in [1.807, 2.05) is 0 Å². The molecule has 1 fully saturated rings. The molecule has 1 aromatic rings. The monoisotopic (exact) mass is 278 g/mol. The van der Waals surface area contributed by atoms with Gasteiger partial charge in [0.2, 0.25) is 0 Å². The van der Waals surface area contributed by atoms with Crippen LogP contribution in [0.3, 0.4) is 0 Å². The topological polar surface area (TPSA) is 59.9 Å². The van der Waals surface area contributed by atoms with E-state index < -0.39 is 5.97 Å². The second-order valence-electron chi connectivity index (χ2n) is 5.33. The third-order valence-corrected chi connectivity index (χ3v) is 3.60. The fraction of sp³-hybridized carbons (Fsp3) is 0.571. The lowest BCUT2D eigenvalue weighted by molar-refractivity contribution is 0.0697. The standard InChI is InChI=1S/C14H22N4O2/c1-16(2)5-6-17-7-9-18(10-8-17)13-3-4-15-11-12(13)14(19)20/h3-4,11H,5-10H2,1-2H3,(H,19,20). The first-order valence-corrected chi connectivity index (χ1v) is 6.87. The summed E-state index contributed by atoms with van der Waals surface area (Å²) >= 11 is 0. The van der Waals surface area contributed by atoms with Crippen molar-refractivity contribution in [3.63, 3.8) is 0 Å². The van der Waals surface area contributed by atoms with Gasteiger partial charge >= 0.3 is 5.97 Å². The predicted molar refractivity (Wildman–Crippen MR) is 78.4 cm³/mol. The lowest BCUT2D eigenvalue weighted by Crippen LogP contribution is -2.48. The van der Waals surface area contributed by atoms with Crippen LogP contribution in [0.5, 0.6) is 0 Å². The molecule has 6 nitrogen and oxygen atoms in total. The molecule has 0 spiro atoms. The summed E-state index contributed by atoms with van der Waals surface area (Å²) in [6, 6.07) is 1.79. The Labute approximate surface area is 119 Å². The average molecular weight is 278 g/mol. The van der Waals surface area contributed by atoms with E-state index in [1.165, 1.54) is 6.20 Å². The molecule has 0 amide bonds. The SMILES string of the molecule is CN(C)CCN1CCN(c2ccncc2C(=O)O)CC1. The van der Waals surface area contributed by atoms with Crippen LogP contribution in [0.4, 0.5) is 5.69 Å². The Balaban J connectivity index is 1.95. The zero-order chi connectivity index (χ0) is 14.5. The first-order valence-electron chi connectivity index (χ1n) is 6.87. The van der Waals surface area contributed by atoms with Gasteiger partial charge in [0.05, 0.1) is 5.69 Å². The molecule has 0 unspecified atom stereocenters. The van der Waals surface area contributed by atoms with Gasteiger partial charge in [-0.05, 0) is 20.2 Å². The number of aromatic carboxylic acids is 1. The van der Waals surface area contributed by atoms with Gasteiger partial charge in [0.25, 0.3) is 0 Å². The second kappa shape index (κ2) is 6.67. The van der Waals surface area contributed by atoms with Gasteiger partial charge in [0.1, 0.15) is 5.56 Å². The van der Waals surface area contributed by atoms with Gasteiger partial charge < -0.3 is 14.9 Å². The highest BCUT2D eigenvalue weighted by Gasteiger charge is 2.21. The molecule has 0 atom stereocenters. The van der Waals surface area contributed by atoms with Gasteiger partial charge in [-0.3, -0.25) is 9.88 Å². The van der Waals surface area contributed by atoms with E-state index in [9.17, 15) is 9.90 Å². The maximum atomic E-state index is 11.2. The van der Waals surface area contributed by atoms with Crippen molar-refractivity contribution < 1.29 is 9.90 Å². The van der Waals surface area contributed by atoms with Crippen LogP contribution in [0.1, 0.15) is 10.4 Å². The van der Waals surface area contributed by atoms with Crippen molar-refractivity contribution in [3.8, 4) is 0 Å². The molecule has 1 aromatic heterocycles. The Morgan fingerprint density at radius 2 is 2.05 bits per heavy atom. The van der Waals surface area contributed by atoms with Gasteiger partial charge in [0.15, 0.2) is 0 Å². The van der Waals surface area contributed by atoms with E-state index >= 15 is 0 Å². The van der Waals surface area contributed by atoms with Crippen molar-refractivity contribution in [1.82, 2.24) is 14.8 Å². The first-order chi connectivity index (χ1) is 9.58. The van der Waals surface area contributed by atoms with Crippen LogP contribution >= 0.6 is 0 Å². The maximum absolute atomic E-state index is 11.2. The van der Waals surface area contributed by atoms with Crippen molar-refractivity contribution in [2.75, 3.05) is 58.3 Å². The summed E-state index contributed by atoms with van der Waals surface area (Å²) < 4.78 is 0. The number of rotatable bonds is 5. The minimum atomic E-state index is -0.914. The number of anilines is 1. The maximum Gasteiger partial charge on any atom is 0.339 e. The number of aromatic nitrogens is 1. The quantitative estimate of drug-likeness (QED) is 0.844. The third-order valence-electron chi connectivity index (χ3n) is 3.60. The summed E-state index contributed by atoms with van der Waals surface area (Å²) in [6.07, 6.45) is 3.08. The van der Waals surface area contributed by atoms with Gasteiger partial charge in [-0.1, -0.05) is 0 Å².